The van der Waals surface area contributed by atoms with Gasteiger partial charge in [0.25, 0.3) is 0 Å². The molecule has 1 fully saturated rings. The molecule has 0 aromatic carbocycles. The fraction of sp³-hybridized carbons (Fsp3) is 0.600. The molecule has 0 bridgehead atoms. The van der Waals surface area contributed by atoms with Crippen LogP contribution in [-0.4, -0.2) is 29.6 Å². The van der Waals surface area contributed by atoms with Crippen molar-refractivity contribution in [1.29, 1.82) is 0 Å². The Balaban J connectivity index is 2.01. The van der Waals surface area contributed by atoms with Gasteiger partial charge in [-0.3, -0.25) is 0 Å². The average molecular weight is 190 g/mol. The van der Waals surface area contributed by atoms with Crippen LogP contribution in [0.25, 0.3) is 0 Å². The van der Waals surface area contributed by atoms with Gasteiger partial charge in [0.2, 0.25) is 0 Å². The summed E-state index contributed by atoms with van der Waals surface area (Å²) in [7, 11) is 0. The molecule has 0 unspecified atom stereocenters. The second-order valence-corrected chi connectivity index (χ2v) is 3.89. The highest BCUT2D eigenvalue weighted by atomic mass is 15.2. The highest BCUT2D eigenvalue weighted by molar-refractivity contribution is 5.51. The zero-order chi connectivity index (χ0) is 9.38. The van der Waals surface area contributed by atoms with E-state index in [0.717, 1.165) is 32.6 Å². The molecule has 1 N–H and O–H groups in total. The van der Waals surface area contributed by atoms with Crippen LogP contribution in [0.3, 0.4) is 0 Å². The molecular formula is C10H14N4. The van der Waals surface area contributed by atoms with Crippen LogP contribution in [0.2, 0.25) is 0 Å². The number of rotatable bonds is 1. The minimum absolute atomic E-state index is 0.901. The van der Waals surface area contributed by atoms with Gasteiger partial charge in [-0.25, -0.2) is 9.97 Å². The first-order valence-electron chi connectivity index (χ1n) is 5.23. The van der Waals surface area contributed by atoms with Crippen LogP contribution in [0.15, 0.2) is 6.33 Å². The minimum Gasteiger partial charge on any atom is -0.356 e. The van der Waals surface area contributed by atoms with Crippen molar-refractivity contribution >= 4 is 5.82 Å². The van der Waals surface area contributed by atoms with Crippen molar-refractivity contribution < 1.29 is 0 Å². The van der Waals surface area contributed by atoms with E-state index in [4.69, 9.17) is 0 Å². The predicted octanol–water partition coefficient (Wildman–Crippen LogP) is 0.332. The molecule has 1 saturated heterocycles. The largest absolute Gasteiger partial charge is 0.356 e. The number of hydrogen-bond acceptors (Lipinski definition) is 4. The third kappa shape index (κ3) is 1.18. The topological polar surface area (TPSA) is 41.1 Å². The van der Waals surface area contributed by atoms with Gasteiger partial charge in [-0.2, -0.15) is 0 Å². The maximum absolute atomic E-state index is 4.40. The molecule has 3 heterocycles. The third-order valence-electron chi connectivity index (χ3n) is 3.01. The first-order chi connectivity index (χ1) is 6.95. The molecule has 74 valence electrons. The van der Waals surface area contributed by atoms with Gasteiger partial charge in [0.15, 0.2) is 0 Å². The molecule has 0 atom stereocenters. The Kier molecular flexibility index (Phi) is 1.87. The van der Waals surface area contributed by atoms with Crippen molar-refractivity contribution in [3.63, 3.8) is 0 Å². The summed E-state index contributed by atoms with van der Waals surface area (Å²) in [4.78, 5) is 11.1. The van der Waals surface area contributed by atoms with Crippen LogP contribution < -0.4 is 10.2 Å². The Hall–Kier alpha value is -1.16. The normalized spacial score (nSPS) is 20.1. The predicted molar refractivity (Wildman–Crippen MR) is 54.3 cm³/mol. The first-order valence-corrected chi connectivity index (χ1v) is 5.23. The van der Waals surface area contributed by atoms with Gasteiger partial charge in [0, 0.05) is 25.2 Å². The molecule has 4 heteroatoms. The standard InChI is InChI=1S/C10H14N4/c1-4-14(5-1)10-8-2-3-11-6-9(8)12-7-13-10/h7,11H,1-6H2. The maximum Gasteiger partial charge on any atom is 0.135 e. The summed E-state index contributed by atoms with van der Waals surface area (Å²) >= 11 is 0. The van der Waals surface area contributed by atoms with E-state index in [1.54, 1.807) is 6.33 Å². The van der Waals surface area contributed by atoms with E-state index in [1.807, 2.05) is 0 Å². The maximum atomic E-state index is 4.40. The van der Waals surface area contributed by atoms with Gasteiger partial charge in [-0.05, 0) is 19.4 Å². The van der Waals surface area contributed by atoms with E-state index in [0.29, 0.717) is 0 Å². The summed E-state index contributed by atoms with van der Waals surface area (Å²) in [6.07, 6.45) is 4.07. The molecule has 0 spiro atoms. The van der Waals surface area contributed by atoms with Gasteiger partial charge < -0.3 is 10.2 Å². The third-order valence-corrected chi connectivity index (χ3v) is 3.01. The molecule has 0 amide bonds. The number of hydrogen-bond donors (Lipinski definition) is 1. The quantitative estimate of drug-likeness (QED) is 0.693. The summed E-state index contributed by atoms with van der Waals surface area (Å²) in [6, 6.07) is 0. The van der Waals surface area contributed by atoms with Crippen molar-refractivity contribution in [3.05, 3.63) is 17.6 Å². The van der Waals surface area contributed by atoms with E-state index in [9.17, 15) is 0 Å². The molecule has 0 saturated carbocycles. The van der Waals surface area contributed by atoms with Crippen LogP contribution >= 0.6 is 0 Å². The van der Waals surface area contributed by atoms with Gasteiger partial charge in [0.05, 0.1) is 5.69 Å². The van der Waals surface area contributed by atoms with Crippen LogP contribution in [0.4, 0.5) is 5.82 Å². The van der Waals surface area contributed by atoms with E-state index in [1.165, 1.54) is 23.5 Å². The summed E-state index contributed by atoms with van der Waals surface area (Å²) in [5, 5.41) is 3.33. The highest BCUT2D eigenvalue weighted by Gasteiger charge is 2.22. The Morgan fingerprint density at radius 3 is 3.00 bits per heavy atom. The molecule has 2 aliphatic heterocycles. The number of fused-ring (bicyclic) bond motifs is 1. The zero-order valence-electron chi connectivity index (χ0n) is 8.16. The van der Waals surface area contributed by atoms with Crippen molar-refractivity contribution in [2.24, 2.45) is 0 Å². The van der Waals surface area contributed by atoms with Crippen LogP contribution in [0, 0.1) is 0 Å². The lowest BCUT2D eigenvalue weighted by Crippen LogP contribution is -2.39. The van der Waals surface area contributed by atoms with Gasteiger partial charge >= 0.3 is 0 Å². The van der Waals surface area contributed by atoms with Crippen molar-refractivity contribution in [1.82, 2.24) is 15.3 Å². The monoisotopic (exact) mass is 190 g/mol. The van der Waals surface area contributed by atoms with Gasteiger partial charge in [-0.15, -0.1) is 0 Å². The minimum atomic E-state index is 0.901. The van der Waals surface area contributed by atoms with E-state index in [-0.39, 0.29) is 0 Å². The summed E-state index contributed by atoms with van der Waals surface area (Å²) < 4.78 is 0. The van der Waals surface area contributed by atoms with Gasteiger partial charge in [-0.1, -0.05) is 0 Å². The fourth-order valence-corrected chi connectivity index (χ4v) is 2.07. The SMILES string of the molecule is c1nc2c(c(N3CCC3)n1)CCNC2. The molecule has 4 nitrogen and oxygen atoms in total. The van der Waals surface area contributed by atoms with Crippen LogP contribution in [-0.2, 0) is 13.0 Å². The number of anilines is 1. The summed E-state index contributed by atoms with van der Waals surface area (Å²) in [5.74, 6) is 1.18. The molecule has 1 aromatic heterocycles. The number of aromatic nitrogens is 2. The van der Waals surface area contributed by atoms with Gasteiger partial charge in [0.1, 0.15) is 12.1 Å². The molecule has 1 aromatic rings. The lowest BCUT2D eigenvalue weighted by atomic mass is 10.1. The lowest BCUT2D eigenvalue weighted by Gasteiger charge is -2.34. The van der Waals surface area contributed by atoms with Crippen molar-refractivity contribution in [2.45, 2.75) is 19.4 Å². The molecule has 2 aliphatic rings. The zero-order valence-corrected chi connectivity index (χ0v) is 8.16. The fourth-order valence-electron chi connectivity index (χ4n) is 2.07. The lowest BCUT2D eigenvalue weighted by molar-refractivity contribution is 0.583. The average Bonchev–Trinajstić information content (AvgIpc) is 2.16. The molecular weight excluding hydrogens is 176 g/mol. The van der Waals surface area contributed by atoms with E-state index >= 15 is 0 Å². The van der Waals surface area contributed by atoms with E-state index < -0.39 is 0 Å². The van der Waals surface area contributed by atoms with E-state index in [2.05, 4.69) is 20.2 Å². The van der Waals surface area contributed by atoms with Crippen molar-refractivity contribution in [3.8, 4) is 0 Å². The Morgan fingerprint density at radius 2 is 2.21 bits per heavy atom. The van der Waals surface area contributed by atoms with Crippen LogP contribution in [0.1, 0.15) is 17.7 Å². The Bertz CT molecular complexity index is 346. The van der Waals surface area contributed by atoms with Crippen molar-refractivity contribution in [2.75, 3.05) is 24.5 Å². The summed E-state index contributed by atoms with van der Waals surface area (Å²) in [6.45, 7) is 4.29. The second kappa shape index (κ2) is 3.20. The molecule has 0 radical (unpaired) electrons. The Morgan fingerprint density at radius 1 is 1.29 bits per heavy atom. The Labute approximate surface area is 83.4 Å². The smallest absolute Gasteiger partial charge is 0.135 e. The number of nitrogens with zero attached hydrogens (tertiary/aromatic N) is 3. The summed E-state index contributed by atoms with van der Waals surface area (Å²) in [5.41, 5.74) is 2.55. The molecule has 0 aliphatic carbocycles. The highest BCUT2D eigenvalue weighted by Crippen LogP contribution is 2.25. The second-order valence-electron chi connectivity index (χ2n) is 3.89. The number of nitrogens with one attached hydrogen (secondary N) is 1. The first kappa shape index (κ1) is 8.17. The van der Waals surface area contributed by atoms with Crippen LogP contribution in [0.5, 0.6) is 0 Å². The molecule has 3 rings (SSSR count). The molecule has 14 heavy (non-hydrogen) atoms.